The highest BCUT2D eigenvalue weighted by Crippen LogP contribution is 2.21. The first-order valence-corrected chi connectivity index (χ1v) is 8.00. The molecular weight excluding hydrogens is 296 g/mol. The Morgan fingerprint density at radius 3 is 2.73 bits per heavy atom. The van der Waals surface area contributed by atoms with E-state index in [2.05, 4.69) is 36.1 Å². The van der Waals surface area contributed by atoms with Gasteiger partial charge in [-0.25, -0.2) is 0 Å². The van der Waals surface area contributed by atoms with Gasteiger partial charge in [-0.3, -0.25) is 9.48 Å². The van der Waals surface area contributed by atoms with Crippen LogP contribution in [0.1, 0.15) is 28.5 Å². The number of thiazole rings is 1. The minimum absolute atomic E-state index is 0.303. The molecule has 1 amide bonds. The minimum Gasteiger partial charge on any atom is -0.319 e. The average Bonchev–Trinajstić information content (AvgIpc) is 3.07. The molecule has 0 saturated carbocycles. The second-order valence-electron chi connectivity index (χ2n) is 5.32. The van der Waals surface area contributed by atoms with Crippen LogP contribution in [0, 0.1) is 13.8 Å². The van der Waals surface area contributed by atoms with E-state index in [0.717, 1.165) is 16.8 Å². The molecule has 114 valence electrons. The Hall–Kier alpha value is -2.21. The summed E-state index contributed by atoms with van der Waals surface area (Å²) < 4.78 is 4.82. The molecule has 3 rings (SSSR count). The summed E-state index contributed by atoms with van der Waals surface area (Å²) in [4.78, 5) is 17.2. The van der Waals surface area contributed by atoms with Crippen LogP contribution in [-0.2, 0) is 13.6 Å². The van der Waals surface area contributed by atoms with Crippen molar-refractivity contribution in [3.8, 4) is 0 Å². The molecule has 1 aromatic carbocycles. The van der Waals surface area contributed by atoms with Crippen molar-refractivity contribution in [3.63, 3.8) is 0 Å². The van der Waals surface area contributed by atoms with E-state index >= 15 is 0 Å². The highest BCUT2D eigenvalue weighted by molar-refractivity contribution is 7.16. The number of nitrogens with zero attached hydrogens (tertiary/aromatic N) is 4. The van der Waals surface area contributed by atoms with Crippen LogP contribution in [-0.4, -0.2) is 20.3 Å². The van der Waals surface area contributed by atoms with Crippen LogP contribution in [0.15, 0.2) is 29.4 Å². The molecule has 0 atom stereocenters. The van der Waals surface area contributed by atoms with Crippen molar-refractivity contribution in [2.45, 2.75) is 27.3 Å². The van der Waals surface area contributed by atoms with E-state index in [-0.39, 0.29) is 5.91 Å². The van der Waals surface area contributed by atoms with Crippen LogP contribution < -0.4 is 4.80 Å². The standard InChI is InChI=1S/C16H18N4OS/c1-5-20-7-6-12(18-20)15(21)17-16-19(4)13-8-10(2)11(3)9-14(13)22-16/h6-9H,5H2,1-4H3. The van der Waals surface area contributed by atoms with E-state index in [0.29, 0.717) is 10.5 Å². The fraction of sp³-hybridized carbons (Fsp3) is 0.312. The number of amides is 1. The van der Waals surface area contributed by atoms with E-state index in [1.54, 1.807) is 16.9 Å². The van der Waals surface area contributed by atoms with E-state index in [4.69, 9.17) is 0 Å². The number of hydrogen-bond donors (Lipinski definition) is 0. The molecule has 22 heavy (non-hydrogen) atoms. The van der Waals surface area contributed by atoms with Crippen molar-refractivity contribution in [2.75, 3.05) is 0 Å². The number of carbonyl (C=O) groups excluding carboxylic acids is 1. The van der Waals surface area contributed by atoms with Crippen LogP contribution in [0.25, 0.3) is 10.2 Å². The lowest BCUT2D eigenvalue weighted by Crippen LogP contribution is -2.13. The van der Waals surface area contributed by atoms with Crippen molar-refractivity contribution < 1.29 is 4.79 Å². The molecule has 0 N–H and O–H groups in total. The molecule has 3 aromatic rings. The Morgan fingerprint density at radius 2 is 2.05 bits per heavy atom. The molecule has 0 aliphatic carbocycles. The first-order valence-electron chi connectivity index (χ1n) is 7.19. The Kier molecular flexibility index (Phi) is 3.70. The Labute approximate surface area is 132 Å². The largest absolute Gasteiger partial charge is 0.319 e. The maximum absolute atomic E-state index is 12.3. The van der Waals surface area contributed by atoms with Gasteiger partial charge in [0.2, 0.25) is 0 Å². The fourth-order valence-electron chi connectivity index (χ4n) is 2.28. The first kappa shape index (κ1) is 14.7. The summed E-state index contributed by atoms with van der Waals surface area (Å²) >= 11 is 1.52. The van der Waals surface area contributed by atoms with Crippen LogP contribution >= 0.6 is 11.3 Å². The van der Waals surface area contributed by atoms with Gasteiger partial charge in [-0.1, -0.05) is 11.3 Å². The zero-order chi connectivity index (χ0) is 15.9. The van der Waals surface area contributed by atoms with Gasteiger partial charge >= 0.3 is 0 Å². The molecular formula is C16H18N4OS. The molecule has 0 saturated heterocycles. The van der Waals surface area contributed by atoms with Gasteiger partial charge in [-0.2, -0.15) is 10.1 Å². The zero-order valence-electron chi connectivity index (χ0n) is 13.1. The second kappa shape index (κ2) is 5.53. The van der Waals surface area contributed by atoms with Crippen LogP contribution in [0.2, 0.25) is 0 Å². The number of rotatable bonds is 2. The summed E-state index contributed by atoms with van der Waals surface area (Å²) in [5.41, 5.74) is 3.96. The van der Waals surface area contributed by atoms with Crippen molar-refractivity contribution in [3.05, 3.63) is 46.0 Å². The first-order chi connectivity index (χ1) is 10.5. The smallest absolute Gasteiger partial charge is 0.300 e. The van der Waals surface area contributed by atoms with Crippen LogP contribution in [0.4, 0.5) is 0 Å². The molecule has 0 spiro atoms. The van der Waals surface area contributed by atoms with Gasteiger partial charge in [0.25, 0.3) is 5.91 Å². The van der Waals surface area contributed by atoms with E-state index < -0.39 is 0 Å². The number of aromatic nitrogens is 3. The average molecular weight is 314 g/mol. The maximum Gasteiger partial charge on any atom is 0.300 e. The molecule has 0 radical (unpaired) electrons. The van der Waals surface area contributed by atoms with Gasteiger partial charge in [0.05, 0.1) is 10.2 Å². The van der Waals surface area contributed by atoms with Gasteiger partial charge < -0.3 is 4.57 Å². The lowest BCUT2D eigenvalue weighted by atomic mass is 10.1. The molecule has 0 aliphatic heterocycles. The predicted molar refractivity (Wildman–Crippen MR) is 88.1 cm³/mol. The highest BCUT2D eigenvalue weighted by Gasteiger charge is 2.10. The molecule has 2 heterocycles. The van der Waals surface area contributed by atoms with Crippen molar-refractivity contribution >= 4 is 27.5 Å². The molecule has 0 fully saturated rings. The third-order valence-corrected chi connectivity index (χ3v) is 4.90. The third-order valence-electron chi connectivity index (χ3n) is 3.81. The summed E-state index contributed by atoms with van der Waals surface area (Å²) in [5.74, 6) is -0.303. The van der Waals surface area contributed by atoms with Crippen LogP contribution in [0.5, 0.6) is 0 Å². The van der Waals surface area contributed by atoms with Crippen molar-refractivity contribution in [1.29, 1.82) is 0 Å². The van der Waals surface area contributed by atoms with Gasteiger partial charge in [-0.05, 0) is 50.1 Å². The maximum atomic E-state index is 12.3. The second-order valence-corrected chi connectivity index (χ2v) is 6.33. The van der Waals surface area contributed by atoms with Crippen molar-refractivity contribution in [1.82, 2.24) is 14.3 Å². The number of hydrogen-bond acceptors (Lipinski definition) is 3. The molecule has 2 aromatic heterocycles. The SMILES string of the molecule is CCn1ccc(C(=O)N=c2sc3cc(C)c(C)cc3n2C)n1. The van der Waals surface area contributed by atoms with E-state index in [1.165, 1.54) is 22.5 Å². The summed E-state index contributed by atoms with van der Waals surface area (Å²) in [6, 6.07) is 5.98. The highest BCUT2D eigenvalue weighted by atomic mass is 32.1. The number of aryl methyl sites for hydroxylation is 4. The predicted octanol–water partition coefficient (Wildman–Crippen LogP) is 2.81. The topological polar surface area (TPSA) is 52.2 Å². The third kappa shape index (κ3) is 2.50. The lowest BCUT2D eigenvalue weighted by molar-refractivity contribution is 0.0992. The van der Waals surface area contributed by atoms with Gasteiger partial charge in [-0.15, -0.1) is 0 Å². The molecule has 6 heteroatoms. The van der Waals surface area contributed by atoms with Crippen molar-refractivity contribution in [2.24, 2.45) is 12.0 Å². The quantitative estimate of drug-likeness (QED) is 0.730. The zero-order valence-corrected chi connectivity index (χ0v) is 13.9. The van der Waals surface area contributed by atoms with E-state index in [1.807, 2.05) is 18.5 Å². The molecule has 0 unspecified atom stereocenters. The van der Waals surface area contributed by atoms with Gasteiger partial charge in [0, 0.05) is 19.8 Å². The summed E-state index contributed by atoms with van der Waals surface area (Å²) in [6.07, 6.45) is 1.79. The molecule has 5 nitrogen and oxygen atoms in total. The number of carbonyl (C=O) groups is 1. The lowest BCUT2D eigenvalue weighted by Gasteiger charge is -2.00. The minimum atomic E-state index is -0.303. The van der Waals surface area contributed by atoms with E-state index in [9.17, 15) is 4.79 Å². The summed E-state index contributed by atoms with van der Waals surface area (Å²) in [7, 11) is 1.93. The number of benzene rings is 1. The fourth-order valence-corrected chi connectivity index (χ4v) is 3.38. The molecule has 0 aliphatic rings. The van der Waals surface area contributed by atoms with Crippen LogP contribution in [0.3, 0.4) is 0 Å². The Balaban J connectivity index is 2.09. The monoisotopic (exact) mass is 314 g/mol. The number of fused-ring (bicyclic) bond motifs is 1. The van der Waals surface area contributed by atoms with Gasteiger partial charge in [0.1, 0.15) is 0 Å². The summed E-state index contributed by atoms with van der Waals surface area (Å²) in [5, 5.41) is 4.21. The Morgan fingerprint density at radius 1 is 1.32 bits per heavy atom. The Bertz CT molecular complexity index is 929. The molecule has 0 bridgehead atoms. The van der Waals surface area contributed by atoms with Gasteiger partial charge in [0.15, 0.2) is 10.5 Å². The normalized spacial score (nSPS) is 12.3. The summed E-state index contributed by atoms with van der Waals surface area (Å²) in [6.45, 7) is 6.90.